The van der Waals surface area contributed by atoms with Crippen LogP contribution < -0.4 is 5.73 Å². The SMILES string of the molecule is C[C@@H](C(=O)C1c2cccc(F)c2CCc2c(F)cccc21)N(C)C(=O)CN.O=C(O)C(F)(F)F. The zero-order valence-corrected chi connectivity index (χ0v) is 18.3. The van der Waals surface area contributed by atoms with Crippen LogP contribution in [0.5, 0.6) is 0 Å². The Kier molecular flexibility index (Phi) is 8.49. The zero-order valence-electron chi connectivity index (χ0n) is 18.3. The quantitative estimate of drug-likeness (QED) is 0.647. The van der Waals surface area contributed by atoms with Crippen molar-refractivity contribution in [3.8, 4) is 0 Å². The van der Waals surface area contributed by atoms with Crippen LogP contribution in [0.3, 0.4) is 0 Å². The number of nitrogens with two attached hydrogens (primary N) is 1. The maximum atomic E-state index is 14.5. The number of carbonyl (C=O) groups is 3. The average molecular weight is 486 g/mol. The lowest BCUT2D eigenvalue weighted by molar-refractivity contribution is -0.192. The maximum Gasteiger partial charge on any atom is 0.490 e. The molecule has 0 bridgehead atoms. The van der Waals surface area contributed by atoms with Gasteiger partial charge in [0.1, 0.15) is 11.6 Å². The topological polar surface area (TPSA) is 101 Å². The highest BCUT2D eigenvalue weighted by Crippen LogP contribution is 2.37. The van der Waals surface area contributed by atoms with Crippen molar-refractivity contribution >= 4 is 17.7 Å². The summed E-state index contributed by atoms with van der Waals surface area (Å²) in [7, 11) is 1.51. The van der Waals surface area contributed by atoms with Crippen LogP contribution in [0.25, 0.3) is 0 Å². The lowest BCUT2D eigenvalue weighted by Gasteiger charge is -2.28. The number of likely N-dealkylation sites (N-methyl/N-ethyl adjacent to an activating group) is 1. The molecule has 0 saturated carbocycles. The van der Waals surface area contributed by atoms with Gasteiger partial charge in [-0.2, -0.15) is 13.2 Å². The Morgan fingerprint density at radius 1 is 1.03 bits per heavy atom. The van der Waals surface area contributed by atoms with Crippen LogP contribution in [0, 0.1) is 11.6 Å². The second-order valence-electron chi connectivity index (χ2n) is 7.64. The number of hydrogen-bond acceptors (Lipinski definition) is 4. The number of hydrogen-bond donors (Lipinski definition) is 2. The van der Waals surface area contributed by atoms with Crippen molar-refractivity contribution in [3.63, 3.8) is 0 Å². The molecule has 1 aliphatic carbocycles. The van der Waals surface area contributed by atoms with E-state index in [0.717, 1.165) is 0 Å². The van der Waals surface area contributed by atoms with Crippen LogP contribution in [0.15, 0.2) is 36.4 Å². The molecule has 0 radical (unpaired) electrons. The molecule has 6 nitrogen and oxygen atoms in total. The minimum Gasteiger partial charge on any atom is -0.475 e. The number of aliphatic carboxylic acids is 1. The Morgan fingerprint density at radius 2 is 1.44 bits per heavy atom. The van der Waals surface area contributed by atoms with Crippen molar-refractivity contribution in [3.05, 3.63) is 70.3 Å². The fourth-order valence-electron chi connectivity index (χ4n) is 3.74. The summed E-state index contributed by atoms with van der Waals surface area (Å²) in [5, 5.41) is 7.12. The molecule has 0 aromatic heterocycles. The highest BCUT2D eigenvalue weighted by molar-refractivity contribution is 5.96. The Bertz CT molecular complexity index is 1030. The number of alkyl halides is 3. The number of carboxylic acids is 1. The van der Waals surface area contributed by atoms with E-state index < -0.39 is 35.7 Å². The molecule has 0 spiro atoms. The first-order valence-electron chi connectivity index (χ1n) is 10.1. The predicted molar refractivity (Wildman–Crippen MR) is 112 cm³/mol. The van der Waals surface area contributed by atoms with E-state index in [0.29, 0.717) is 35.1 Å². The highest BCUT2D eigenvalue weighted by Gasteiger charge is 2.38. The largest absolute Gasteiger partial charge is 0.490 e. The molecule has 11 heteroatoms. The molecule has 2 aromatic carbocycles. The first kappa shape index (κ1) is 26.9. The van der Waals surface area contributed by atoms with Crippen LogP contribution in [0.1, 0.15) is 35.1 Å². The summed E-state index contributed by atoms with van der Waals surface area (Å²) >= 11 is 0. The number of amides is 1. The van der Waals surface area contributed by atoms with E-state index in [1.807, 2.05) is 0 Å². The number of benzene rings is 2. The molecule has 1 aliphatic rings. The second-order valence-corrected chi connectivity index (χ2v) is 7.64. The van der Waals surface area contributed by atoms with Gasteiger partial charge in [0.05, 0.1) is 18.5 Å². The van der Waals surface area contributed by atoms with E-state index in [9.17, 15) is 31.5 Å². The summed E-state index contributed by atoms with van der Waals surface area (Å²) in [6.07, 6.45) is -4.46. The summed E-state index contributed by atoms with van der Waals surface area (Å²) < 4.78 is 60.7. The van der Waals surface area contributed by atoms with E-state index in [1.165, 1.54) is 24.1 Å². The Labute approximate surface area is 192 Å². The third-order valence-electron chi connectivity index (χ3n) is 5.64. The van der Waals surface area contributed by atoms with E-state index >= 15 is 0 Å². The summed E-state index contributed by atoms with van der Waals surface area (Å²) in [4.78, 5) is 35.5. The smallest absolute Gasteiger partial charge is 0.475 e. The lowest BCUT2D eigenvalue weighted by Crippen LogP contribution is -2.45. The molecule has 1 amide bonds. The number of nitrogens with zero attached hydrogens (tertiary/aromatic N) is 1. The minimum absolute atomic E-state index is 0.213. The molecule has 0 unspecified atom stereocenters. The molecule has 0 heterocycles. The summed E-state index contributed by atoms with van der Waals surface area (Å²) in [5.74, 6) is -5.07. The molecule has 0 aliphatic heterocycles. The number of Topliss-reactive ketones (excluding diaryl/α,β-unsaturated/α-hetero) is 1. The van der Waals surface area contributed by atoms with Gasteiger partial charge in [0.25, 0.3) is 0 Å². The Balaban J connectivity index is 0.000000509. The van der Waals surface area contributed by atoms with Gasteiger partial charge in [0, 0.05) is 7.05 Å². The first-order valence-corrected chi connectivity index (χ1v) is 10.1. The van der Waals surface area contributed by atoms with Crippen LogP contribution in [0.2, 0.25) is 0 Å². The van der Waals surface area contributed by atoms with Gasteiger partial charge >= 0.3 is 12.1 Å². The molecule has 3 rings (SSSR count). The molecule has 2 aromatic rings. The fraction of sp³-hybridized carbons (Fsp3) is 0.348. The van der Waals surface area contributed by atoms with Crippen LogP contribution in [-0.2, 0) is 27.2 Å². The molecule has 1 atom stereocenters. The Hall–Kier alpha value is -3.34. The standard InChI is InChI=1S/C21H22F2N2O2.C2HF3O2/c1-12(25(2)19(26)11-24)21(27)20-15-5-3-7-17(22)13(15)9-10-14-16(20)6-4-8-18(14)23;3-2(4,5)1(6)7/h3-8,12,20H,9-11,24H2,1-2H3;(H,6,7)/t12-;/m0./s1. The number of fused-ring (bicyclic) bond motifs is 2. The minimum atomic E-state index is -5.08. The van der Waals surface area contributed by atoms with Gasteiger partial charge in [-0.1, -0.05) is 24.3 Å². The molecule has 184 valence electrons. The predicted octanol–water partition coefficient (Wildman–Crippen LogP) is 3.20. The summed E-state index contributed by atoms with van der Waals surface area (Å²) in [5.41, 5.74) is 7.32. The van der Waals surface area contributed by atoms with Gasteiger partial charge in [0.15, 0.2) is 5.78 Å². The van der Waals surface area contributed by atoms with Crippen LogP contribution in [0.4, 0.5) is 22.0 Å². The number of carbonyl (C=O) groups excluding carboxylic acids is 2. The third kappa shape index (κ3) is 5.77. The summed E-state index contributed by atoms with van der Waals surface area (Å²) in [6.45, 7) is 1.40. The number of halogens is 5. The summed E-state index contributed by atoms with van der Waals surface area (Å²) in [6, 6.07) is 8.43. The van der Waals surface area contributed by atoms with Crippen LogP contribution in [-0.4, -0.2) is 53.5 Å². The van der Waals surface area contributed by atoms with Crippen molar-refractivity contribution in [2.75, 3.05) is 13.6 Å². The number of carboxylic acid groups (broad SMARTS) is 1. The van der Waals surface area contributed by atoms with E-state index in [1.54, 1.807) is 31.2 Å². The number of ketones is 1. The van der Waals surface area contributed by atoms with Gasteiger partial charge < -0.3 is 15.7 Å². The first-order chi connectivity index (χ1) is 15.8. The monoisotopic (exact) mass is 486 g/mol. The van der Waals surface area contributed by atoms with Gasteiger partial charge in [-0.25, -0.2) is 13.6 Å². The van der Waals surface area contributed by atoms with E-state index in [2.05, 4.69) is 0 Å². The molecule has 0 saturated heterocycles. The molecule has 0 fully saturated rings. The normalized spacial score (nSPS) is 14.0. The maximum absolute atomic E-state index is 14.5. The second kappa shape index (κ2) is 10.7. The van der Waals surface area contributed by atoms with Crippen molar-refractivity contribution in [1.82, 2.24) is 4.90 Å². The zero-order chi connectivity index (χ0) is 25.8. The van der Waals surface area contributed by atoms with Crippen molar-refractivity contribution in [2.24, 2.45) is 5.73 Å². The van der Waals surface area contributed by atoms with E-state index in [-0.39, 0.29) is 18.2 Å². The molecular weight excluding hydrogens is 463 g/mol. The van der Waals surface area contributed by atoms with Gasteiger partial charge in [-0.15, -0.1) is 0 Å². The third-order valence-corrected chi connectivity index (χ3v) is 5.64. The van der Waals surface area contributed by atoms with E-state index in [4.69, 9.17) is 15.6 Å². The van der Waals surface area contributed by atoms with Gasteiger partial charge in [0.2, 0.25) is 5.91 Å². The van der Waals surface area contributed by atoms with Crippen LogP contribution >= 0.6 is 0 Å². The number of rotatable bonds is 4. The van der Waals surface area contributed by atoms with Gasteiger partial charge in [-0.3, -0.25) is 9.59 Å². The highest BCUT2D eigenvalue weighted by atomic mass is 19.4. The average Bonchev–Trinajstić information content (AvgIpc) is 2.95. The molecule has 34 heavy (non-hydrogen) atoms. The van der Waals surface area contributed by atoms with Crippen molar-refractivity contribution in [1.29, 1.82) is 0 Å². The molecule has 3 N–H and O–H groups in total. The lowest BCUT2D eigenvalue weighted by atomic mass is 9.82. The van der Waals surface area contributed by atoms with Gasteiger partial charge in [-0.05, 0) is 54.2 Å². The van der Waals surface area contributed by atoms with Crippen molar-refractivity contribution in [2.45, 2.75) is 37.9 Å². The Morgan fingerprint density at radius 3 is 1.79 bits per heavy atom. The van der Waals surface area contributed by atoms with Crippen molar-refractivity contribution < 1.29 is 41.4 Å². The molecular formula is C23H23F5N2O4. The fourth-order valence-corrected chi connectivity index (χ4v) is 3.74.